The first-order chi connectivity index (χ1) is 12.2. The van der Waals surface area contributed by atoms with E-state index in [0.717, 1.165) is 25.7 Å². The van der Waals surface area contributed by atoms with Gasteiger partial charge in [-0.15, -0.1) is 11.3 Å². The Bertz CT molecular complexity index is 722. The Morgan fingerprint density at radius 3 is 2.80 bits per heavy atom. The Labute approximate surface area is 151 Å². The third kappa shape index (κ3) is 3.63. The molecule has 2 fully saturated rings. The average molecular weight is 358 g/mol. The molecule has 1 atom stereocenters. The third-order valence-electron chi connectivity index (χ3n) is 4.97. The number of hydrogen-bond donors (Lipinski definition) is 0. The molecule has 1 saturated carbocycles. The number of furan rings is 1. The summed E-state index contributed by atoms with van der Waals surface area (Å²) >= 11 is 1.69. The zero-order valence-electron chi connectivity index (χ0n) is 14.1. The van der Waals surface area contributed by atoms with Crippen molar-refractivity contribution in [2.75, 3.05) is 13.1 Å². The number of piperidine rings is 1. The molecule has 2 aromatic heterocycles. The van der Waals surface area contributed by atoms with Crippen LogP contribution in [-0.2, 0) is 11.3 Å². The highest BCUT2D eigenvalue weighted by Gasteiger charge is 2.38. The minimum atomic E-state index is -0.112. The van der Waals surface area contributed by atoms with E-state index in [9.17, 15) is 9.59 Å². The molecule has 2 amide bonds. The number of thiophene rings is 1. The van der Waals surface area contributed by atoms with Gasteiger partial charge in [-0.05, 0) is 49.3 Å². The van der Waals surface area contributed by atoms with Crippen LogP contribution in [0.15, 0.2) is 40.3 Å². The SMILES string of the molecule is O=C(c1ccco1)N1CCCC(C(=O)N(Cc2cccs2)C2CC2)C1. The van der Waals surface area contributed by atoms with Crippen LogP contribution in [0, 0.1) is 5.92 Å². The van der Waals surface area contributed by atoms with E-state index in [1.54, 1.807) is 28.4 Å². The summed E-state index contributed by atoms with van der Waals surface area (Å²) in [5, 5.41) is 2.05. The van der Waals surface area contributed by atoms with Gasteiger partial charge in [-0.25, -0.2) is 0 Å². The lowest BCUT2D eigenvalue weighted by Gasteiger charge is -2.34. The lowest BCUT2D eigenvalue weighted by molar-refractivity contribution is -0.138. The fourth-order valence-electron chi connectivity index (χ4n) is 3.50. The summed E-state index contributed by atoms with van der Waals surface area (Å²) in [6.45, 7) is 1.88. The summed E-state index contributed by atoms with van der Waals surface area (Å²) in [4.78, 5) is 30.7. The quantitative estimate of drug-likeness (QED) is 0.823. The maximum atomic E-state index is 13.1. The van der Waals surface area contributed by atoms with Crippen molar-refractivity contribution < 1.29 is 14.0 Å². The van der Waals surface area contributed by atoms with Gasteiger partial charge in [-0.3, -0.25) is 9.59 Å². The van der Waals surface area contributed by atoms with Crippen molar-refractivity contribution in [3.8, 4) is 0 Å². The van der Waals surface area contributed by atoms with Crippen LogP contribution in [0.3, 0.4) is 0 Å². The van der Waals surface area contributed by atoms with E-state index in [-0.39, 0.29) is 17.7 Å². The van der Waals surface area contributed by atoms with Crippen LogP contribution in [-0.4, -0.2) is 40.7 Å². The molecule has 5 nitrogen and oxygen atoms in total. The molecule has 4 rings (SSSR count). The number of amides is 2. The summed E-state index contributed by atoms with van der Waals surface area (Å²) < 4.78 is 5.22. The van der Waals surface area contributed by atoms with Crippen LogP contribution in [0.2, 0.25) is 0 Å². The zero-order chi connectivity index (χ0) is 17.2. The molecule has 1 saturated heterocycles. The molecule has 2 aromatic rings. The Morgan fingerprint density at radius 2 is 2.12 bits per heavy atom. The lowest BCUT2D eigenvalue weighted by atomic mass is 9.96. The summed E-state index contributed by atoms with van der Waals surface area (Å²) in [5.74, 6) is 0.338. The number of carbonyl (C=O) groups excluding carboxylic acids is 2. The van der Waals surface area contributed by atoms with E-state index in [0.29, 0.717) is 31.4 Å². The second-order valence-corrected chi connectivity index (χ2v) is 7.88. The summed E-state index contributed by atoms with van der Waals surface area (Å²) in [5.41, 5.74) is 0. The molecule has 0 radical (unpaired) electrons. The van der Waals surface area contributed by atoms with Gasteiger partial charge in [0.1, 0.15) is 0 Å². The highest BCUT2D eigenvalue weighted by Crippen LogP contribution is 2.32. The van der Waals surface area contributed by atoms with Gasteiger partial charge in [-0.1, -0.05) is 6.07 Å². The van der Waals surface area contributed by atoms with Gasteiger partial charge in [0, 0.05) is 24.0 Å². The smallest absolute Gasteiger partial charge is 0.289 e. The Morgan fingerprint density at radius 1 is 1.24 bits per heavy atom. The van der Waals surface area contributed by atoms with E-state index >= 15 is 0 Å². The maximum absolute atomic E-state index is 13.1. The molecule has 1 unspecified atom stereocenters. The van der Waals surface area contributed by atoms with E-state index < -0.39 is 0 Å². The molecule has 1 aliphatic heterocycles. The fourth-order valence-corrected chi connectivity index (χ4v) is 4.20. The van der Waals surface area contributed by atoms with Gasteiger partial charge >= 0.3 is 0 Å². The molecule has 0 aromatic carbocycles. The van der Waals surface area contributed by atoms with Gasteiger partial charge in [0.2, 0.25) is 5.91 Å². The largest absolute Gasteiger partial charge is 0.459 e. The van der Waals surface area contributed by atoms with Gasteiger partial charge in [0.05, 0.1) is 18.7 Å². The highest BCUT2D eigenvalue weighted by molar-refractivity contribution is 7.09. The minimum absolute atomic E-state index is 0.103. The summed E-state index contributed by atoms with van der Waals surface area (Å²) in [6.07, 6.45) is 5.42. The van der Waals surface area contributed by atoms with E-state index in [2.05, 4.69) is 11.4 Å². The summed E-state index contributed by atoms with van der Waals surface area (Å²) in [7, 11) is 0. The van der Waals surface area contributed by atoms with Crippen LogP contribution >= 0.6 is 11.3 Å². The van der Waals surface area contributed by atoms with Gasteiger partial charge < -0.3 is 14.2 Å². The second kappa shape index (κ2) is 7.04. The van der Waals surface area contributed by atoms with E-state index in [1.807, 2.05) is 11.0 Å². The fraction of sp³-hybridized carbons (Fsp3) is 0.474. The van der Waals surface area contributed by atoms with E-state index in [4.69, 9.17) is 4.42 Å². The molecule has 3 heterocycles. The first-order valence-electron chi connectivity index (χ1n) is 8.88. The second-order valence-electron chi connectivity index (χ2n) is 6.84. The van der Waals surface area contributed by atoms with Gasteiger partial charge in [-0.2, -0.15) is 0 Å². The van der Waals surface area contributed by atoms with E-state index in [1.165, 1.54) is 11.1 Å². The Balaban J connectivity index is 1.44. The van der Waals surface area contributed by atoms with Crippen molar-refractivity contribution in [1.29, 1.82) is 0 Å². The van der Waals surface area contributed by atoms with Crippen molar-refractivity contribution in [2.24, 2.45) is 5.92 Å². The van der Waals surface area contributed by atoms with Gasteiger partial charge in [0.15, 0.2) is 5.76 Å². The number of rotatable bonds is 5. The average Bonchev–Trinajstić information content (AvgIpc) is 3.12. The minimum Gasteiger partial charge on any atom is -0.459 e. The van der Waals surface area contributed by atoms with Crippen molar-refractivity contribution in [2.45, 2.75) is 38.3 Å². The first-order valence-corrected chi connectivity index (χ1v) is 9.76. The molecular formula is C19H22N2O3S. The topological polar surface area (TPSA) is 53.8 Å². The molecule has 0 spiro atoms. The number of nitrogens with zero attached hydrogens (tertiary/aromatic N) is 2. The molecule has 132 valence electrons. The van der Waals surface area contributed by atoms with Crippen LogP contribution < -0.4 is 0 Å². The number of hydrogen-bond acceptors (Lipinski definition) is 4. The number of likely N-dealkylation sites (tertiary alicyclic amines) is 1. The van der Waals surface area contributed by atoms with Crippen molar-refractivity contribution in [3.05, 3.63) is 46.5 Å². The third-order valence-corrected chi connectivity index (χ3v) is 5.83. The zero-order valence-corrected chi connectivity index (χ0v) is 14.9. The van der Waals surface area contributed by atoms with Crippen LogP contribution in [0.5, 0.6) is 0 Å². The standard InChI is InChI=1S/C19H22N2O3S/c22-18(21(15-7-8-15)13-16-5-3-11-25-16)14-4-1-9-20(12-14)19(23)17-6-2-10-24-17/h2-3,5-6,10-11,14-15H,1,4,7-9,12-13H2. The highest BCUT2D eigenvalue weighted by atomic mass is 32.1. The predicted octanol–water partition coefficient (Wildman–Crippen LogP) is 3.38. The summed E-state index contributed by atoms with van der Waals surface area (Å²) in [6, 6.07) is 7.89. The first kappa shape index (κ1) is 16.4. The van der Waals surface area contributed by atoms with Gasteiger partial charge in [0.25, 0.3) is 5.91 Å². The van der Waals surface area contributed by atoms with Crippen LogP contribution in [0.25, 0.3) is 0 Å². The Kier molecular flexibility index (Phi) is 4.61. The number of carbonyl (C=O) groups is 2. The Hall–Kier alpha value is -2.08. The molecule has 25 heavy (non-hydrogen) atoms. The monoisotopic (exact) mass is 358 g/mol. The molecule has 0 bridgehead atoms. The van der Waals surface area contributed by atoms with Crippen molar-refractivity contribution >= 4 is 23.2 Å². The predicted molar refractivity (Wildman–Crippen MR) is 95.2 cm³/mol. The van der Waals surface area contributed by atoms with Crippen LogP contribution in [0.1, 0.15) is 41.1 Å². The molecule has 6 heteroatoms. The van der Waals surface area contributed by atoms with Crippen LogP contribution in [0.4, 0.5) is 0 Å². The molecule has 0 N–H and O–H groups in total. The van der Waals surface area contributed by atoms with Crippen molar-refractivity contribution in [1.82, 2.24) is 9.80 Å². The molecule has 2 aliphatic rings. The lowest BCUT2D eigenvalue weighted by Crippen LogP contribution is -2.47. The normalized spacial score (nSPS) is 20.5. The molecular weight excluding hydrogens is 336 g/mol. The van der Waals surface area contributed by atoms with Crippen molar-refractivity contribution in [3.63, 3.8) is 0 Å². The maximum Gasteiger partial charge on any atom is 0.289 e. The molecule has 1 aliphatic carbocycles.